The van der Waals surface area contributed by atoms with Crippen LogP contribution in [-0.4, -0.2) is 11.9 Å². The van der Waals surface area contributed by atoms with Crippen LogP contribution in [-0.2, 0) is 23.1 Å². The number of hydrogen-bond acceptors (Lipinski definition) is 5. The summed E-state index contributed by atoms with van der Waals surface area (Å²) in [7, 11) is 0. The third-order valence-electron chi connectivity index (χ3n) is 3.23. The van der Waals surface area contributed by atoms with Crippen LogP contribution in [0.1, 0.15) is 13.8 Å². The Balaban J connectivity index is 0.00000338. The van der Waals surface area contributed by atoms with Gasteiger partial charge in [-0.2, -0.15) is 0 Å². The molecule has 0 spiro atoms. The van der Waals surface area contributed by atoms with Gasteiger partial charge in [0, 0.05) is 11.1 Å². The van der Waals surface area contributed by atoms with E-state index in [1.807, 2.05) is 0 Å². The molecule has 0 saturated carbocycles. The van der Waals surface area contributed by atoms with Gasteiger partial charge in [0.05, 0.1) is 0 Å². The second-order valence-electron chi connectivity index (χ2n) is 5.51. The highest BCUT2D eigenvalue weighted by atomic mass is 32.1. The summed E-state index contributed by atoms with van der Waals surface area (Å²) in [6.45, 7) is 10.00. The fraction of sp³-hybridized carbons (Fsp3) is 0.100. The molecule has 0 atom stereocenters. The molecule has 0 saturated heterocycles. The number of rotatable bonds is 5. The number of hydrogen-bond donors (Lipinski definition) is 0. The fourth-order valence-electron chi connectivity index (χ4n) is 1.86. The monoisotopic (exact) mass is 373 g/mol. The van der Waals surface area contributed by atoms with Crippen LogP contribution in [0.2, 0.25) is 0 Å². The molecule has 0 aromatic heterocycles. The lowest BCUT2D eigenvalue weighted by atomic mass is 10.1. The first-order chi connectivity index (χ1) is 11.8. The molecule has 0 aliphatic carbocycles. The number of carbonyl (C=O) groups excluding carboxylic acids is 2. The minimum atomic E-state index is -0.685. The van der Waals surface area contributed by atoms with Crippen LogP contribution in [0.5, 0.6) is 11.5 Å². The van der Waals surface area contributed by atoms with Gasteiger partial charge in [-0.05, 0) is 49.2 Å². The Kier molecular flexibility index (Phi) is 7.34. The molecule has 26 heavy (non-hydrogen) atoms. The molecule has 0 aliphatic rings. The van der Waals surface area contributed by atoms with E-state index in [9.17, 15) is 14.0 Å². The van der Waals surface area contributed by atoms with E-state index in [1.165, 1.54) is 19.1 Å². The molecule has 2 aromatic rings. The quantitative estimate of drug-likeness (QED) is 0.259. The van der Waals surface area contributed by atoms with Gasteiger partial charge in [-0.25, -0.2) is 14.0 Å². The second-order valence-corrected chi connectivity index (χ2v) is 5.51. The van der Waals surface area contributed by atoms with Gasteiger partial charge >= 0.3 is 11.9 Å². The highest BCUT2D eigenvalue weighted by Gasteiger charge is 2.12. The molecule has 0 N–H and O–H groups in total. The van der Waals surface area contributed by atoms with Crippen molar-refractivity contribution in [3.05, 3.63) is 72.6 Å². The minimum absolute atomic E-state index is 0. The van der Waals surface area contributed by atoms with E-state index in [0.29, 0.717) is 22.4 Å². The highest BCUT2D eigenvalue weighted by Crippen LogP contribution is 2.27. The zero-order chi connectivity index (χ0) is 18.6. The average Bonchev–Trinajstić information content (AvgIpc) is 2.57. The SMILES string of the molecule is C=C(C)C(=O)Oc1ccc(-c2ccc(OC(=O)C(=C)C)c(F)c2)cc1.[SH-]. The van der Waals surface area contributed by atoms with Gasteiger partial charge in [-0.15, -0.1) is 0 Å². The molecule has 0 aliphatic heterocycles. The summed E-state index contributed by atoms with van der Waals surface area (Å²) in [6.07, 6.45) is 0. The third kappa shape index (κ3) is 5.32. The van der Waals surface area contributed by atoms with Crippen molar-refractivity contribution in [2.24, 2.45) is 0 Å². The molecule has 0 amide bonds. The van der Waals surface area contributed by atoms with E-state index in [-0.39, 0.29) is 24.8 Å². The first kappa shape index (κ1) is 21.2. The maximum atomic E-state index is 14.1. The molecule has 4 nitrogen and oxygen atoms in total. The summed E-state index contributed by atoms with van der Waals surface area (Å²) in [5, 5.41) is 0. The predicted octanol–water partition coefficient (Wildman–Crippen LogP) is 4.19. The Labute approximate surface area is 158 Å². The minimum Gasteiger partial charge on any atom is -0.813 e. The van der Waals surface area contributed by atoms with E-state index < -0.39 is 17.8 Å². The van der Waals surface area contributed by atoms with Crippen molar-refractivity contribution in [3.63, 3.8) is 0 Å². The van der Waals surface area contributed by atoms with Crippen LogP contribution in [0.25, 0.3) is 11.1 Å². The summed E-state index contributed by atoms with van der Waals surface area (Å²) in [5.41, 5.74) is 1.78. The number of halogens is 1. The van der Waals surface area contributed by atoms with Gasteiger partial charge in [0.25, 0.3) is 0 Å². The first-order valence-electron chi connectivity index (χ1n) is 7.43. The third-order valence-corrected chi connectivity index (χ3v) is 3.23. The molecule has 6 heteroatoms. The molecular weight excluding hydrogens is 355 g/mol. The zero-order valence-electron chi connectivity index (χ0n) is 14.4. The summed E-state index contributed by atoms with van der Waals surface area (Å²) in [5.74, 6) is -1.66. The Morgan fingerprint density at radius 3 is 1.85 bits per heavy atom. The molecule has 0 radical (unpaired) electrons. The summed E-state index contributed by atoms with van der Waals surface area (Å²) >= 11 is 0. The van der Waals surface area contributed by atoms with Crippen LogP contribution in [0, 0.1) is 5.82 Å². The van der Waals surface area contributed by atoms with Crippen LogP contribution in [0.15, 0.2) is 66.8 Å². The lowest BCUT2D eigenvalue weighted by Gasteiger charge is -2.08. The normalized spacial score (nSPS) is 9.65. The summed E-state index contributed by atoms with van der Waals surface area (Å²) in [4.78, 5) is 22.9. The van der Waals surface area contributed by atoms with Crippen molar-refractivity contribution in [3.8, 4) is 22.6 Å². The maximum Gasteiger partial charge on any atom is 0.338 e. The summed E-state index contributed by atoms with van der Waals surface area (Å²) in [6, 6.07) is 10.8. The van der Waals surface area contributed by atoms with Crippen molar-refractivity contribution in [1.82, 2.24) is 0 Å². The topological polar surface area (TPSA) is 52.6 Å². The molecule has 2 rings (SSSR count). The molecule has 136 valence electrons. The van der Waals surface area contributed by atoms with E-state index in [1.54, 1.807) is 37.3 Å². The van der Waals surface area contributed by atoms with E-state index >= 15 is 0 Å². The molecule has 0 bridgehead atoms. The number of ether oxygens (including phenoxy) is 2. The van der Waals surface area contributed by atoms with Crippen molar-refractivity contribution in [2.75, 3.05) is 0 Å². The van der Waals surface area contributed by atoms with Gasteiger partial charge in [-0.1, -0.05) is 31.4 Å². The Morgan fingerprint density at radius 2 is 1.35 bits per heavy atom. The number of thiol groups is 1. The van der Waals surface area contributed by atoms with E-state index in [4.69, 9.17) is 9.47 Å². The van der Waals surface area contributed by atoms with E-state index in [0.717, 1.165) is 0 Å². The van der Waals surface area contributed by atoms with Crippen LogP contribution >= 0.6 is 0 Å². The van der Waals surface area contributed by atoms with Crippen molar-refractivity contribution in [2.45, 2.75) is 13.8 Å². The van der Waals surface area contributed by atoms with Gasteiger partial charge in [-0.3, -0.25) is 0 Å². The van der Waals surface area contributed by atoms with Crippen LogP contribution in [0.3, 0.4) is 0 Å². The largest absolute Gasteiger partial charge is 0.813 e. The standard InChI is InChI=1S/C20H17FO4.H2S/c1-12(2)19(22)24-16-8-5-14(6-9-16)15-7-10-18(17(21)11-15)25-20(23)13(3)4;/h5-11H,1,3H2,2,4H3;1H2/p-1. The zero-order valence-corrected chi connectivity index (χ0v) is 15.3. The Morgan fingerprint density at radius 1 is 0.846 bits per heavy atom. The average molecular weight is 373 g/mol. The summed E-state index contributed by atoms with van der Waals surface area (Å²) < 4.78 is 24.1. The second kappa shape index (κ2) is 9.01. The highest BCUT2D eigenvalue weighted by molar-refractivity contribution is 7.37. The number of esters is 2. The van der Waals surface area contributed by atoms with E-state index in [2.05, 4.69) is 13.2 Å². The van der Waals surface area contributed by atoms with Crippen LogP contribution in [0.4, 0.5) is 4.39 Å². The van der Waals surface area contributed by atoms with Crippen molar-refractivity contribution in [1.29, 1.82) is 0 Å². The molecular formula is C20H18FO4S-. The Hall–Kier alpha value is -2.86. The van der Waals surface area contributed by atoms with Gasteiger partial charge in [0.2, 0.25) is 0 Å². The van der Waals surface area contributed by atoms with Gasteiger partial charge in [0.1, 0.15) is 5.75 Å². The lowest BCUT2D eigenvalue weighted by Crippen LogP contribution is -2.09. The van der Waals surface area contributed by atoms with Crippen molar-refractivity contribution < 1.29 is 23.5 Å². The predicted molar refractivity (Wildman–Crippen MR) is 101 cm³/mol. The number of benzene rings is 2. The van der Waals surface area contributed by atoms with Crippen molar-refractivity contribution >= 4 is 25.4 Å². The maximum absolute atomic E-state index is 14.1. The fourth-order valence-corrected chi connectivity index (χ4v) is 1.86. The molecule has 0 fully saturated rings. The van der Waals surface area contributed by atoms with Gasteiger partial charge < -0.3 is 23.0 Å². The smallest absolute Gasteiger partial charge is 0.338 e. The lowest BCUT2D eigenvalue weighted by molar-refractivity contribution is -0.131. The molecule has 0 heterocycles. The number of carbonyl (C=O) groups is 2. The van der Waals surface area contributed by atoms with Gasteiger partial charge in [0.15, 0.2) is 11.6 Å². The molecule has 2 aromatic carbocycles. The Bertz CT molecular complexity index is 857. The van der Waals surface area contributed by atoms with Crippen LogP contribution < -0.4 is 9.47 Å². The molecule has 0 unspecified atom stereocenters. The first-order valence-corrected chi connectivity index (χ1v) is 7.43.